The third-order valence-electron chi connectivity index (χ3n) is 5.05. The largest absolute Gasteiger partial charge is 0.460 e. The van der Waals surface area contributed by atoms with Gasteiger partial charge < -0.3 is 14.6 Å². The van der Waals surface area contributed by atoms with Gasteiger partial charge in [-0.15, -0.1) is 0 Å². The molecule has 1 amide bonds. The van der Waals surface area contributed by atoms with Gasteiger partial charge in [0.1, 0.15) is 11.6 Å². The molecule has 2 aromatic carbocycles. The summed E-state index contributed by atoms with van der Waals surface area (Å²) in [7, 11) is 0. The molecule has 6 heteroatoms. The minimum Gasteiger partial charge on any atom is -0.460 e. The summed E-state index contributed by atoms with van der Waals surface area (Å²) in [6, 6.07) is 15.5. The van der Waals surface area contributed by atoms with E-state index < -0.39 is 17.6 Å². The zero-order valence-electron chi connectivity index (χ0n) is 19.7. The van der Waals surface area contributed by atoms with Crippen molar-refractivity contribution in [2.75, 3.05) is 0 Å². The minimum atomic E-state index is -0.689. The Bertz CT molecular complexity index is 1140. The summed E-state index contributed by atoms with van der Waals surface area (Å²) in [6.07, 6.45) is 4.62. The number of benzene rings is 2. The number of nitrogens with one attached hydrogen (secondary N) is 1. The highest BCUT2D eigenvalue weighted by atomic mass is 16.6. The van der Waals surface area contributed by atoms with Crippen molar-refractivity contribution in [1.82, 2.24) is 10.5 Å². The van der Waals surface area contributed by atoms with E-state index in [0.717, 1.165) is 27.8 Å². The van der Waals surface area contributed by atoms with Crippen molar-refractivity contribution in [2.24, 2.45) is 0 Å². The van der Waals surface area contributed by atoms with Crippen LogP contribution in [0.1, 0.15) is 61.4 Å². The van der Waals surface area contributed by atoms with Crippen LogP contribution in [-0.4, -0.2) is 23.1 Å². The van der Waals surface area contributed by atoms with E-state index in [-0.39, 0.29) is 6.42 Å². The molecule has 172 valence electrons. The molecule has 0 aliphatic heterocycles. The molecule has 1 N–H and O–H groups in total. The van der Waals surface area contributed by atoms with Gasteiger partial charge in [-0.1, -0.05) is 65.8 Å². The Labute approximate surface area is 194 Å². The molecule has 0 aliphatic carbocycles. The lowest BCUT2D eigenvalue weighted by Crippen LogP contribution is -2.28. The van der Waals surface area contributed by atoms with Crippen LogP contribution in [0, 0.1) is 13.8 Å². The SMILES string of the molecule is Cc1cc(/C=C/c2ccccc2)ccc1-c1c(C)noc1[C@H](CC(=O)OC(C)(C)C)NC=O. The molecule has 1 heterocycles. The number of carbonyl (C=O) groups is 2. The maximum Gasteiger partial charge on any atom is 0.308 e. The van der Waals surface area contributed by atoms with Gasteiger partial charge in [-0.25, -0.2) is 0 Å². The van der Waals surface area contributed by atoms with Crippen molar-refractivity contribution in [3.63, 3.8) is 0 Å². The molecule has 3 rings (SSSR count). The topological polar surface area (TPSA) is 81.4 Å². The van der Waals surface area contributed by atoms with E-state index in [2.05, 4.69) is 40.8 Å². The van der Waals surface area contributed by atoms with E-state index in [1.807, 2.05) is 44.2 Å². The average molecular weight is 447 g/mol. The van der Waals surface area contributed by atoms with Gasteiger partial charge in [0.15, 0.2) is 5.76 Å². The molecular weight excluding hydrogens is 416 g/mol. The van der Waals surface area contributed by atoms with Gasteiger partial charge in [0.25, 0.3) is 0 Å². The smallest absolute Gasteiger partial charge is 0.308 e. The number of ether oxygens (including phenoxy) is 1. The number of amides is 1. The van der Waals surface area contributed by atoms with Gasteiger partial charge in [-0.3, -0.25) is 9.59 Å². The van der Waals surface area contributed by atoms with Crippen LogP contribution in [0.3, 0.4) is 0 Å². The third-order valence-corrected chi connectivity index (χ3v) is 5.05. The van der Waals surface area contributed by atoms with E-state index >= 15 is 0 Å². The summed E-state index contributed by atoms with van der Waals surface area (Å²) in [6.45, 7) is 9.26. The number of esters is 1. The summed E-state index contributed by atoms with van der Waals surface area (Å²) in [5.41, 5.74) is 4.98. The Balaban J connectivity index is 1.90. The molecule has 0 fully saturated rings. The monoisotopic (exact) mass is 446 g/mol. The van der Waals surface area contributed by atoms with Crippen LogP contribution in [0.2, 0.25) is 0 Å². The molecular formula is C27H30N2O4. The lowest BCUT2D eigenvalue weighted by atomic mass is 9.94. The number of carbonyl (C=O) groups excluding carboxylic acids is 2. The van der Waals surface area contributed by atoms with Gasteiger partial charge in [0.2, 0.25) is 6.41 Å². The molecule has 3 aromatic rings. The Kier molecular flexibility index (Phi) is 7.48. The van der Waals surface area contributed by atoms with E-state index in [0.29, 0.717) is 17.9 Å². The fourth-order valence-corrected chi connectivity index (χ4v) is 3.64. The van der Waals surface area contributed by atoms with Gasteiger partial charge >= 0.3 is 5.97 Å². The number of aromatic nitrogens is 1. The minimum absolute atomic E-state index is 0.0609. The van der Waals surface area contributed by atoms with Gasteiger partial charge in [-0.2, -0.15) is 0 Å². The maximum atomic E-state index is 12.4. The quantitative estimate of drug-likeness (QED) is 0.275. The fraction of sp³-hybridized carbons (Fsp3) is 0.296. The van der Waals surface area contributed by atoms with Crippen LogP contribution >= 0.6 is 0 Å². The first-order chi connectivity index (χ1) is 15.7. The molecule has 1 atom stereocenters. The van der Waals surface area contributed by atoms with Crippen molar-refractivity contribution in [2.45, 2.75) is 52.7 Å². The molecule has 0 aliphatic rings. The molecule has 0 saturated carbocycles. The number of nitrogens with zero attached hydrogens (tertiary/aromatic N) is 1. The Hall–Kier alpha value is -3.67. The molecule has 0 bridgehead atoms. The molecule has 0 spiro atoms. The summed E-state index contributed by atoms with van der Waals surface area (Å²) >= 11 is 0. The van der Waals surface area contributed by atoms with E-state index in [1.165, 1.54) is 0 Å². The summed E-state index contributed by atoms with van der Waals surface area (Å²) in [5.74, 6) is 0.00103. The Morgan fingerprint density at radius 2 is 1.79 bits per heavy atom. The van der Waals surface area contributed by atoms with Crippen molar-refractivity contribution in [3.8, 4) is 11.1 Å². The van der Waals surface area contributed by atoms with Gasteiger partial charge in [0.05, 0.1) is 12.1 Å². The van der Waals surface area contributed by atoms with E-state index in [9.17, 15) is 9.59 Å². The van der Waals surface area contributed by atoms with Crippen molar-refractivity contribution < 1.29 is 18.8 Å². The van der Waals surface area contributed by atoms with Crippen LogP contribution in [-0.2, 0) is 14.3 Å². The van der Waals surface area contributed by atoms with Crippen molar-refractivity contribution >= 4 is 24.5 Å². The molecule has 0 saturated heterocycles. The summed E-state index contributed by atoms with van der Waals surface area (Å²) < 4.78 is 11.0. The second kappa shape index (κ2) is 10.3. The lowest BCUT2D eigenvalue weighted by Gasteiger charge is -2.21. The maximum absolute atomic E-state index is 12.4. The highest BCUT2D eigenvalue weighted by Gasteiger charge is 2.28. The molecule has 6 nitrogen and oxygen atoms in total. The van der Waals surface area contributed by atoms with Crippen LogP contribution in [0.4, 0.5) is 0 Å². The third kappa shape index (κ3) is 6.42. The molecule has 0 radical (unpaired) electrons. The van der Waals surface area contributed by atoms with Crippen molar-refractivity contribution in [3.05, 3.63) is 76.7 Å². The van der Waals surface area contributed by atoms with Crippen LogP contribution in [0.25, 0.3) is 23.3 Å². The Morgan fingerprint density at radius 1 is 1.09 bits per heavy atom. The molecule has 33 heavy (non-hydrogen) atoms. The predicted molar refractivity (Wildman–Crippen MR) is 129 cm³/mol. The van der Waals surface area contributed by atoms with Gasteiger partial charge in [0, 0.05) is 5.56 Å². The van der Waals surface area contributed by atoms with Crippen LogP contribution < -0.4 is 5.32 Å². The number of hydrogen-bond donors (Lipinski definition) is 1. The first-order valence-corrected chi connectivity index (χ1v) is 10.9. The second-order valence-electron chi connectivity index (χ2n) is 8.95. The first-order valence-electron chi connectivity index (χ1n) is 10.9. The summed E-state index contributed by atoms with van der Waals surface area (Å²) in [4.78, 5) is 23.7. The lowest BCUT2D eigenvalue weighted by molar-refractivity contribution is -0.155. The summed E-state index contributed by atoms with van der Waals surface area (Å²) in [5, 5.41) is 6.80. The number of aryl methyl sites for hydroxylation is 2. The van der Waals surface area contributed by atoms with Gasteiger partial charge in [-0.05, 0) is 56.9 Å². The first kappa shape index (κ1) is 24.0. The van der Waals surface area contributed by atoms with Crippen LogP contribution in [0.15, 0.2) is 53.1 Å². The van der Waals surface area contributed by atoms with E-state index in [1.54, 1.807) is 20.8 Å². The zero-order chi connectivity index (χ0) is 24.0. The average Bonchev–Trinajstić information content (AvgIpc) is 3.12. The van der Waals surface area contributed by atoms with Crippen molar-refractivity contribution in [1.29, 1.82) is 0 Å². The fourth-order valence-electron chi connectivity index (χ4n) is 3.64. The highest BCUT2D eigenvalue weighted by Crippen LogP contribution is 2.35. The van der Waals surface area contributed by atoms with Crippen LogP contribution in [0.5, 0.6) is 0 Å². The highest BCUT2D eigenvalue weighted by molar-refractivity contribution is 5.77. The standard InChI is InChI=1S/C27H30N2O4/c1-18-15-21(12-11-20-9-7-6-8-10-20)13-14-22(18)25-19(2)29-33-26(25)23(28-17-30)16-24(31)32-27(3,4)5/h6-15,17,23H,16H2,1-5H3,(H,28,30)/b12-11+/t23-/m0/s1. The zero-order valence-corrected chi connectivity index (χ0v) is 19.7. The molecule has 0 unspecified atom stereocenters. The number of hydrogen-bond acceptors (Lipinski definition) is 5. The predicted octanol–water partition coefficient (Wildman–Crippen LogP) is 5.65. The van der Waals surface area contributed by atoms with E-state index in [4.69, 9.17) is 9.26 Å². The Morgan fingerprint density at radius 3 is 2.42 bits per heavy atom. The second-order valence-corrected chi connectivity index (χ2v) is 8.95. The number of rotatable bonds is 8. The normalized spacial score (nSPS) is 12.5. The molecule has 1 aromatic heterocycles.